The number of nitrogens with zero attached hydrogens (tertiary/aromatic N) is 1. The Kier molecular flexibility index (Phi) is 4.59. The van der Waals surface area contributed by atoms with Gasteiger partial charge < -0.3 is 5.32 Å². The molecule has 0 radical (unpaired) electrons. The highest BCUT2D eigenvalue weighted by Gasteiger charge is 2.24. The minimum Gasteiger partial charge on any atom is -0.349 e. The van der Waals surface area contributed by atoms with Crippen molar-refractivity contribution < 1.29 is 4.79 Å². The first-order valence-electron chi connectivity index (χ1n) is 10.5. The fourth-order valence-electron chi connectivity index (χ4n) is 4.00. The van der Waals surface area contributed by atoms with Crippen molar-refractivity contribution in [2.45, 2.75) is 32.7 Å². The first-order valence-corrected chi connectivity index (χ1v) is 10.5. The van der Waals surface area contributed by atoms with Gasteiger partial charge in [0.05, 0.1) is 0 Å². The predicted molar refractivity (Wildman–Crippen MR) is 123 cm³/mol. The average molecular weight is 393 g/mol. The lowest BCUT2D eigenvalue weighted by molar-refractivity contribution is 0.0951. The van der Waals surface area contributed by atoms with E-state index in [1.165, 1.54) is 16.5 Å². The lowest BCUT2D eigenvalue weighted by atomic mass is 9.93. The Balaban J connectivity index is 1.58. The summed E-state index contributed by atoms with van der Waals surface area (Å²) >= 11 is 0. The smallest absolute Gasteiger partial charge is 0.251 e. The Hall–Kier alpha value is -3.46. The summed E-state index contributed by atoms with van der Waals surface area (Å²) < 4.78 is 0. The van der Waals surface area contributed by atoms with E-state index >= 15 is 0 Å². The Morgan fingerprint density at radius 1 is 0.867 bits per heavy atom. The van der Waals surface area contributed by atoms with Crippen molar-refractivity contribution in [1.82, 2.24) is 10.3 Å². The van der Waals surface area contributed by atoms with Crippen molar-refractivity contribution in [1.29, 1.82) is 0 Å². The van der Waals surface area contributed by atoms with Crippen LogP contribution in [0.25, 0.3) is 33.0 Å². The van der Waals surface area contributed by atoms with E-state index in [1.54, 1.807) is 0 Å². The molecule has 3 heteroatoms. The molecule has 3 nitrogen and oxygen atoms in total. The molecule has 0 saturated heterocycles. The van der Waals surface area contributed by atoms with Gasteiger partial charge in [-0.3, -0.25) is 9.78 Å². The van der Waals surface area contributed by atoms with Gasteiger partial charge in [0.25, 0.3) is 5.91 Å². The number of nitrogens with one attached hydrogen (secondary N) is 1. The first-order chi connectivity index (χ1) is 14.6. The van der Waals surface area contributed by atoms with Gasteiger partial charge in [-0.15, -0.1) is 0 Å². The molecular formula is C27H24N2O. The second kappa shape index (κ2) is 7.42. The number of fused-ring (bicyclic) bond motifs is 1. The number of aromatic nitrogens is 1. The number of carbonyl (C=O) groups is 1. The van der Waals surface area contributed by atoms with Gasteiger partial charge in [0.15, 0.2) is 0 Å². The maximum Gasteiger partial charge on any atom is 0.251 e. The van der Waals surface area contributed by atoms with Crippen molar-refractivity contribution in [3.8, 4) is 22.3 Å². The third-order valence-electron chi connectivity index (χ3n) is 5.92. The lowest BCUT2D eigenvalue weighted by Crippen LogP contribution is -2.25. The maximum absolute atomic E-state index is 12.5. The summed E-state index contributed by atoms with van der Waals surface area (Å²) in [6.45, 7) is 4.22. The van der Waals surface area contributed by atoms with Crippen LogP contribution in [-0.4, -0.2) is 16.9 Å². The molecule has 0 unspecified atom stereocenters. The molecule has 1 fully saturated rings. The molecule has 1 aliphatic carbocycles. The predicted octanol–water partition coefficient (Wildman–Crippen LogP) is 6.08. The van der Waals surface area contributed by atoms with E-state index in [-0.39, 0.29) is 5.91 Å². The lowest BCUT2D eigenvalue weighted by Gasteiger charge is -2.13. The standard InChI is InChI=1S/C27H24N2O/c1-17-5-3-4-6-23(17)26-16-28-15-21-13-19(9-12-24(21)26)25-14-20(8-7-18(25)2)27(30)29-22-10-11-22/h3-9,12-16,22H,10-11H2,1-2H3,(H,29,30). The second-order valence-corrected chi connectivity index (χ2v) is 8.22. The van der Waals surface area contributed by atoms with Crippen LogP contribution in [0, 0.1) is 13.8 Å². The molecule has 1 aromatic heterocycles. The molecule has 5 rings (SSSR count). The summed E-state index contributed by atoms with van der Waals surface area (Å²) in [7, 11) is 0. The average Bonchev–Trinajstić information content (AvgIpc) is 3.57. The quantitative estimate of drug-likeness (QED) is 0.457. The number of amides is 1. The van der Waals surface area contributed by atoms with Gasteiger partial charge in [0.1, 0.15) is 0 Å². The zero-order chi connectivity index (χ0) is 20.7. The van der Waals surface area contributed by atoms with Crippen LogP contribution in [-0.2, 0) is 0 Å². The van der Waals surface area contributed by atoms with Crippen LogP contribution in [0.15, 0.2) is 73.1 Å². The van der Waals surface area contributed by atoms with Crippen LogP contribution in [0.3, 0.4) is 0 Å². The minimum atomic E-state index is 0.0167. The fourth-order valence-corrected chi connectivity index (χ4v) is 4.00. The molecule has 0 atom stereocenters. The Morgan fingerprint density at radius 3 is 2.47 bits per heavy atom. The monoisotopic (exact) mass is 392 g/mol. The number of hydrogen-bond acceptors (Lipinski definition) is 2. The number of carbonyl (C=O) groups excluding carboxylic acids is 1. The normalized spacial score (nSPS) is 13.4. The molecule has 148 valence electrons. The maximum atomic E-state index is 12.5. The minimum absolute atomic E-state index is 0.0167. The van der Waals surface area contributed by atoms with Crippen LogP contribution >= 0.6 is 0 Å². The molecule has 0 aliphatic heterocycles. The largest absolute Gasteiger partial charge is 0.349 e. The van der Waals surface area contributed by atoms with Gasteiger partial charge in [-0.1, -0.05) is 42.5 Å². The second-order valence-electron chi connectivity index (χ2n) is 8.22. The van der Waals surface area contributed by atoms with Crippen molar-refractivity contribution in [3.63, 3.8) is 0 Å². The highest BCUT2D eigenvalue weighted by Crippen LogP contribution is 2.33. The van der Waals surface area contributed by atoms with Gasteiger partial charge in [0.2, 0.25) is 0 Å². The summed E-state index contributed by atoms with van der Waals surface area (Å²) in [4.78, 5) is 17.0. The third kappa shape index (κ3) is 3.48. The molecule has 1 saturated carbocycles. The molecule has 30 heavy (non-hydrogen) atoms. The molecule has 1 amide bonds. The molecular weight excluding hydrogens is 368 g/mol. The summed E-state index contributed by atoms with van der Waals surface area (Å²) in [6, 6.07) is 21.2. The summed E-state index contributed by atoms with van der Waals surface area (Å²) in [5.74, 6) is 0.0167. The van der Waals surface area contributed by atoms with E-state index < -0.39 is 0 Å². The SMILES string of the molecule is Cc1ccc(C(=O)NC2CC2)cc1-c1ccc2c(-c3ccccc3C)cncc2c1. The van der Waals surface area contributed by atoms with E-state index in [4.69, 9.17) is 0 Å². The Labute approximate surface area is 176 Å². The Bertz CT molecular complexity index is 1270. The molecule has 4 aromatic rings. The highest BCUT2D eigenvalue weighted by atomic mass is 16.1. The van der Waals surface area contributed by atoms with Gasteiger partial charge in [-0.2, -0.15) is 0 Å². The van der Waals surface area contributed by atoms with Crippen LogP contribution in [0.5, 0.6) is 0 Å². The number of aryl methyl sites for hydroxylation is 2. The topological polar surface area (TPSA) is 42.0 Å². The van der Waals surface area contributed by atoms with Crippen LogP contribution in [0.4, 0.5) is 0 Å². The molecule has 0 bridgehead atoms. The van der Waals surface area contributed by atoms with Crippen LogP contribution in [0.2, 0.25) is 0 Å². The number of hydrogen-bond donors (Lipinski definition) is 1. The van der Waals surface area contributed by atoms with E-state index in [9.17, 15) is 4.79 Å². The van der Waals surface area contributed by atoms with Gasteiger partial charge >= 0.3 is 0 Å². The van der Waals surface area contributed by atoms with Gasteiger partial charge in [-0.25, -0.2) is 0 Å². The van der Waals surface area contributed by atoms with Crippen molar-refractivity contribution in [2.75, 3.05) is 0 Å². The Morgan fingerprint density at radius 2 is 1.67 bits per heavy atom. The number of pyridine rings is 1. The molecule has 1 N–H and O–H groups in total. The molecule has 0 spiro atoms. The van der Waals surface area contributed by atoms with E-state index in [0.29, 0.717) is 6.04 Å². The zero-order valence-electron chi connectivity index (χ0n) is 17.3. The number of benzene rings is 3. The molecule has 3 aromatic carbocycles. The van der Waals surface area contributed by atoms with Crippen molar-refractivity contribution >= 4 is 16.7 Å². The van der Waals surface area contributed by atoms with Gasteiger partial charge in [0, 0.05) is 34.9 Å². The molecule has 1 heterocycles. The van der Waals surface area contributed by atoms with E-state index in [0.717, 1.165) is 46.0 Å². The number of rotatable bonds is 4. The summed E-state index contributed by atoms with van der Waals surface area (Å²) in [5.41, 5.74) is 7.65. The van der Waals surface area contributed by atoms with E-state index in [2.05, 4.69) is 66.6 Å². The van der Waals surface area contributed by atoms with Crippen LogP contribution < -0.4 is 5.32 Å². The summed E-state index contributed by atoms with van der Waals surface area (Å²) in [5, 5.41) is 5.36. The third-order valence-corrected chi connectivity index (χ3v) is 5.92. The van der Waals surface area contributed by atoms with Crippen LogP contribution in [0.1, 0.15) is 34.3 Å². The zero-order valence-corrected chi connectivity index (χ0v) is 17.3. The molecule has 1 aliphatic rings. The summed E-state index contributed by atoms with van der Waals surface area (Å²) in [6.07, 6.45) is 6.04. The van der Waals surface area contributed by atoms with Gasteiger partial charge in [-0.05, 0) is 78.1 Å². The van der Waals surface area contributed by atoms with E-state index in [1.807, 2.05) is 30.6 Å². The van der Waals surface area contributed by atoms with Crippen molar-refractivity contribution in [2.24, 2.45) is 0 Å². The highest BCUT2D eigenvalue weighted by molar-refractivity contribution is 6.00. The fraction of sp³-hybridized carbons (Fsp3) is 0.185. The first kappa shape index (κ1) is 18.6. The van der Waals surface area contributed by atoms with Crippen molar-refractivity contribution in [3.05, 3.63) is 89.7 Å².